The molecule has 0 radical (unpaired) electrons. The van der Waals surface area contributed by atoms with E-state index in [-0.39, 0.29) is 5.69 Å². The lowest BCUT2D eigenvalue weighted by Crippen LogP contribution is -2.33. The molecule has 1 heterocycles. The Balaban J connectivity index is 1.94. The molecule has 2 aromatic carbocycles. The van der Waals surface area contributed by atoms with Crippen molar-refractivity contribution in [1.29, 1.82) is 0 Å². The molecule has 0 atom stereocenters. The molecule has 3 aromatic rings. The summed E-state index contributed by atoms with van der Waals surface area (Å²) in [6.07, 6.45) is 0. The number of aryl methyl sites for hydroxylation is 1. The second-order valence-electron chi connectivity index (χ2n) is 6.03. The fraction of sp³-hybridized carbons (Fsp3) is 0.150. The molecular weight excluding hydrogens is 350 g/mol. The van der Waals surface area contributed by atoms with Crippen LogP contribution in [0.25, 0.3) is 5.69 Å². The first-order valence-corrected chi connectivity index (χ1v) is 8.50. The summed E-state index contributed by atoms with van der Waals surface area (Å²) in [7, 11) is 1.66. The molecule has 1 amide bonds. The standard InChI is InChI=1S/C20H18ClN3O2/c1-14-12-18(25)19(22-24(14)17-10-8-16(21)9-11-17)20(26)23(2)13-15-6-4-3-5-7-15/h3-12H,13H2,1-2H3. The molecule has 0 spiro atoms. The van der Waals surface area contributed by atoms with Gasteiger partial charge in [0, 0.05) is 30.4 Å². The SMILES string of the molecule is Cc1cc(=O)c(C(=O)N(C)Cc2ccccc2)nn1-c1ccc(Cl)cc1. The third-order valence-corrected chi connectivity index (χ3v) is 4.24. The van der Waals surface area contributed by atoms with Gasteiger partial charge in [0.2, 0.25) is 5.43 Å². The fourth-order valence-electron chi connectivity index (χ4n) is 2.65. The van der Waals surface area contributed by atoms with Gasteiger partial charge in [0.25, 0.3) is 5.91 Å². The summed E-state index contributed by atoms with van der Waals surface area (Å²) in [6.45, 7) is 2.17. The monoisotopic (exact) mass is 367 g/mol. The third kappa shape index (κ3) is 3.83. The van der Waals surface area contributed by atoms with Gasteiger partial charge in [-0.25, -0.2) is 4.68 Å². The van der Waals surface area contributed by atoms with Crippen LogP contribution in [0.15, 0.2) is 65.5 Å². The first-order chi connectivity index (χ1) is 12.5. The van der Waals surface area contributed by atoms with Crippen molar-refractivity contribution in [2.24, 2.45) is 0 Å². The zero-order valence-electron chi connectivity index (χ0n) is 14.5. The predicted molar refractivity (Wildman–Crippen MR) is 102 cm³/mol. The molecule has 0 aliphatic heterocycles. The van der Waals surface area contributed by atoms with Crippen molar-refractivity contribution in [1.82, 2.24) is 14.7 Å². The van der Waals surface area contributed by atoms with E-state index in [0.29, 0.717) is 17.3 Å². The fourth-order valence-corrected chi connectivity index (χ4v) is 2.78. The van der Waals surface area contributed by atoms with Crippen LogP contribution in [0, 0.1) is 6.92 Å². The highest BCUT2D eigenvalue weighted by atomic mass is 35.5. The summed E-state index contributed by atoms with van der Waals surface area (Å²) in [5.41, 5.74) is 1.85. The lowest BCUT2D eigenvalue weighted by atomic mass is 10.2. The van der Waals surface area contributed by atoms with Crippen molar-refractivity contribution in [2.75, 3.05) is 7.05 Å². The van der Waals surface area contributed by atoms with E-state index in [1.807, 2.05) is 30.3 Å². The van der Waals surface area contributed by atoms with E-state index < -0.39 is 11.3 Å². The quantitative estimate of drug-likeness (QED) is 0.709. The molecule has 0 aliphatic carbocycles. The normalized spacial score (nSPS) is 10.6. The van der Waals surface area contributed by atoms with Crippen LogP contribution in [0.3, 0.4) is 0 Å². The van der Waals surface area contributed by atoms with Crippen molar-refractivity contribution in [2.45, 2.75) is 13.5 Å². The topological polar surface area (TPSA) is 55.2 Å². The second-order valence-corrected chi connectivity index (χ2v) is 6.47. The average molecular weight is 368 g/mol. The highest BCUT2D eigenvalue weighted by Crippen LogP contribution is 2.14. The molecule has 1 aromatic heterocycles. The molecule has 0 fully saturated rings. The number of hydrogen-bond acceptors (Lipinski definition) is 3. The number of amides is 1. The lowest BCUT2D eigenvalue weighted by molar-refractivity contribution is 0.0776. The van der Waals surface area contributed by atoms with Crippen LogP contribution < -0.4 is 5.43 Å². The number of hydrogen-bond donors (Lipinski definition) is 0. The highest BCUT2D eigenvalue weighted by Gasteiger charge is 2.19. The zero-order valence-corrected chi connectivity index (χ0v) is 15.3. The predicted octanol–water partition coefficient (Wildman–Crippen LogP) is 3.47. The van der Waals surface area contributed by atoms with Crippen LogP contribution in [0.1, 0.15) is 21.7 Å². The van der Waals surface area contributed by atoms with Crippen molar-refractivity contribution in [3.63, 3.8) is 0 Å². The summed E-state index contributed by atoms with van der Waals surface area (Å²) in [4.78, 5) is 26.6. The molecule has 0 unspecified atom stereocenters. The smallest absolute Gasteiger partial charge is 0.278 e. The van der Waals surface area contributed by atoms with E-state index >= 15 is 0 Å². The van der Waals surface area contributed by atoms with Gasteiger partial charge in [-0.05, 0) is 36.8 Å². The molecule has 6 heteroatoms. The minimum Gasteiger partial charge on any atom is -0.336 e. The van der Waals surface area contributed by atoms with Crippen LogP contribution in [-0.2, 0) is 6.54 Å². The molecule has 132 valence electrons. The maximum Gasteiger partial charge on any atom is 0.278 e. The molecule has 0 N–H and O–H groups in total. The van der Waals surface area contributed by atoms with Gasteiger partial charge in [0.05, 0.1) is 5.69 Å². The minimum atomic E-state index is -0.415. The molecule has 0 saturated heterocycles. The van der Waals surface area contributed by atoms with Gasteiger partial charge < -0.3 is 4.90 Å². The van der Waals surface area contributed by atoms with Crippen molar-refractivity contribution in [3.05, 3.63) is 92.9 Å². The van der Waals surface area contributed by atoms with Crippen LogP contribution >= 0.6 is 11.6 Å². The van der Waals surface area contributed by atoms with E-state index in [1.165, 1.54) is 11.0 Å². The number of rotatable bonds is 4. The maximum atomic E-state index is 12.7. The summed E-state index contributed by atoms with van der Waals surface area (Å²) in [5.74, 6) is -0.415. The second kappa shape index (κ2) is 7.54. The summed E-state index contributed by atoms with van der Waals surface area (Å²) < 4.78 is 1.57. The number of carbonyl (C=O) groups is 1. The van der Waals surface area contributed by atoms with Crippen LogP contribution in [0.5, 0.6) is 0 Å². The minimum absolute atomic E-state index is 0.107. The Kier molecular flexibility index (Phi) is 5.19. The number of aromatic nitrogens is 2. The Bertz CT molecular complexity index is 982. The van der Waals surface area contributed by atoms with Gasteiger partial charge in [-0.3, -0.25) is 9.59 Å². The van der Waals surface area contributed by atoms with E-state index in [4.69, 9.17) is 11.6 Å². The average Bonchev–Trinajstić information content (AvgIpc) is 2.63. The Morgan fingerprint density at radius 2 is 1.77 bits per heavy atom. The van der Waals surface area contributed by atoms with Gasteiger partial charge in [0.15, 0.2) is 5.69 Å². The number of nitrogens with zero attached hydrogens (tertiary/aromatic N) is 3. The lowest BCUT2D eigenvalue weighted by Gasteiger charge is -2.18. The Morgan fingerprint density at radius 3 is 2.42 bits per heavy atom. The van der Waals surface area contributed by atoms with Gasteiger partial charge >= 0.3 is 0 Å². The first kappa shape index (κ1) is 17.9. The van der Waals surface area contributed by atoms with Crippen molar-refractivity contribution >= 4 is 17.5 Å². The largest absolute Gasteiger partial charge is 0.336 e. The van der Waals surface area contributed by atoms with Gasteiger partial charge in [0.1, 0.15) is 0 Å². The molecule has 3 rings (SSSR count). The van der Waals surface area contributed by atoms with Gasteiger partial charge in [-0.15, -0.1) is 0 Å². The number of carbonyl (C=O) groups excluding carboxylic acids is 1. The van der Waals surface area contributed by atoms with E-state index in [1.54, 1.807) is 42.9 Å². The molecular formula is C20H18ClN3O2. The highest BCUT2D eigenvalue weighted by molar-refractivity contribution is 6.30. The summed E-state index contributed by atoms with van der Waals surface area (Å²) >= 11 is 5.92. The van der Waals surface area contributed by atoms with Crippen LogP contribution in [0.2, 0.25) is 5.02 Å². The first-order valence-electron chi connectivity index (χ1n) is 8.12. The Hall–Kier alpha value is -2.92. The zero-order chi connectivity index (χ0) is 18.7. The van der Waals surface area contributed by atoms with Crippen LogP contribution in [-0.4, -0.2) is 27.6 Å². The van der Waals surface area contributed by atoms with E-state index in [0.717, 1.165) is 11.3 Å². The molecule has 0 saturated carbocycles. The summed E-state index contributed by atoms with van der Waals surface area (Å²) in [6, 6.07) is 18.1. The maximum absolute atomic E-state index is 12.7. The molecule has 0 bridgehead atoms. The van der Waals surface area contributed by atoms with E-state index in [9.17, 15) is 9.59 Å². The van der Waals surface area contributed by atoms with Crippen molar-refractivity contribution < 1.29 is 4.79 Å². The third-order valence-electron chi connectivity index (χ3n) is 3.99. The molecule has 5 nitrogen and oxygen atoms in total. The molecule has 26 heavy (non-hydrogen) atoms. The van der Waals surface area contributed by atoms with Crippen LogP contribution in [0.4, 0.5) is 0 Å². The van der Waals surface area contributed by atoms with Gasteiger partial charge in [-0.2, -0.15) is 5.10 Å². The van der Waals surface area contributed by atoms with E-state index in [2.05, 4.69) is 5.10 Å². The number of halogens is 1. The summed E-state index contributed by atoms with van der Waals surface area (Å²) in [5, 5.41) is 4.91. The Morgan fingerprint density at radius 1 is 1.12 bits per heavy atom. The molecule has 0 aliphatic rings. The number of benzene rings is 2. The van der Waals surface area contributed by atoms with Crippen molar-refractivity contribution in [3.8, 4) is 5.69 Å². The Labute approximate surface area is 156 Å². The van der Waals surface area contributed by atoms with Gasteiger partial charge in [-0.1, -0.05) is 41.9 Å².